The Balaban J connectivity index is 3.49. The van der Waals surface area contributed by atoms with Crippen LogP contribution in [0.15, 0.2) is 0 Å². The molecule has 10 heavy (non-hydrogen) atoms. The number of rotatable bonds is 4. The van der Waals surface area contributed by atoms with Crippen LogP contribution in [0, 0.1) is 0 Å². The first-order valence-corrected chi connectivity index (χ1v) is 2.75. The molecular weight excluding hydrogens is 136 g/mol. The normalized spacial score (nSPS) is 12.6. The fraction of sp³-hybridized carbons (Fsp3) is 0.600. The van der Waals surface area contributed by atoms with Crippen LogP contribution >= 0.6 is 0 Å². The summed E-state index contributed by atoms with van der Waals surface area (Å²) in [4.78, 5) is 20.3. The SMILES string of the molecule is CC(=O)C(N)NCC(=O)O. The molecule has 5 heteroatoms. The maximum Gasteiger partial charge on any atom is 0.317 e. The zero-order valence-corrected chi connectivity index (χ0v) is 5.63. The van der Waals surface area contributed by atoms with Crippen molar-refractivity contribution in [3.63, 3.8) is 0 Å². The van der Waals surface area contributed by atoms with Crippen molar-refractivity contribution < 1.29 is 14.7 Å². The van der Waals surface area contributed by atoms with Crippen molar-refractivity contribution in [3.05, 3.63) is 0 Å². The number of hydrogen-bond acceptors (Lipinski definition) is 4. The van der Waals surface area contributed by atoms with E-state index in [0.29, 0.717) is 0 Å². The molecule has 0 rings (SSSR count). The molecule has 0 aliphatic carbocycles. The summed E-state index contributed by atoms with van der Waals surface area (Å²) in [7, 11) is 0. The first kappa shape index (κ1) is 9.06. The van der Waals surface area contributed by atoms with Crippen molar-refractivity contribution in [3.8, 4) is 0 Å². The highest BCUT2D eigenvalue weighted by Gasteiger charge is 2.07. The summed E-state index contributed by atoms with van der Waals surface area (Å²) in [5.41, 5.74) is 5.14. The van der Waals surface area contributed by atoms with Crippen LogP contribution < -0.4 is 11.1 Å². The summed E-state index contributed by atoms with van der Waals surface area (Å²) in [6.07, 6.45) is -0.865. The van der Waals surface area contributed by atoms with E-state index >= 15 is 0 Å². The third kappa shape index (κ3) is 3.99. The number of aliphatic carboxylic acids is 1. The second-order valence-corrected chi connectivity index (χ2v) is 1.86. The van der Waals surface area contributed by atoms with Gasteiger partial charge in [-0.1, -0.05) is 0 Å². The van der Waals surface area contributed by atoms with Gasteiger partial charge in [-0.25, -0.2) is 0 Å². The van der Waals surface area contributed by atoms with Crippen molar-refractivity contribution in [2.45, 2.75) is 13.1 Å². The van der Waals surface area contributed by atoms with E-state index in [1.165, 1.54) is 6.92 Å². The zero-order valence-electron chi connectivity index (χ0n) is 5.63. The Hall–Kier alpha value is -0.940. The van der Waals surface area contributed by atoms with Gasteiger partial charge in [-0.05, 0) is 6.92 Å². The molecule has 4 N–H and O–H groups in total. The summed E-state index contributed by atoms with van der Waals surface area (Å²) in [6.45, 7) is 1.00. The maximum absolute atomic E-state index is 10.4. The van der Waals surface area contributed by atoms with Crippen LogP contribution in [0.25, 0.3) is 0 Å². The van der Waals surface area contributed by atoms with Gasteiger partial charge in [0.1, 0.15) is 6.17 Å². The van der Waals surface area contributed by atoms with Gasteiger partial charge in [0.25, 0.3) is 0 Å². The van der Waals surface area contributed by atoms with Gasteiger partial charge in [-0.2, -0.15) is 0 Å². The van der Waals surface area contributed by atoms with E-state index in [1.807, 2.05) is 0 Å². The molecular formula is C5H10N2O3. The third-order valence-electron chi connectivity index (χ3n) is 0.911. The Kier molecular flexibility index (Phi) is 3.60. The minimum Gasteiger partial charge on any atom is -0.480 e. The third-order valence-corrected chi connectivity index (χ3v) is 0.911. The van der Waals surface area contributed by atoms with Crippen LogP contribution in [0.2, 0.25) is 0 Å². The van der Waals surface area contributed by atoms with E-state index < -0.39 is 12.1 Å². The molecule has 0 aromatic heterocycles. The van der Waals surface area contributed by atoms with Crippen LogP contribution in [0.5, 0.6) is 0 Å². The average molecular weight is 146 g/mol. The van der Waals surface area contributed by atoms with Gasteiger partial charge in [-0.3, -0.25) is 14.9 Å². The van der Waals surface area contributed by atoms with E-state index in [1.54, 1.807) is 0 Å². The van der Waals surface area contributed by atoms with Gasteiger partial charge >= 0.3 is 5.97 Å². The molecule has 0 aliphatic rings. The van der Waals surface area contributed by atoms with Gasteiger partial charge in [0.15, 0.2) is 5.78 Å². The molecule has 5 nitrogen and oxygen atoms in total. The van der Waals surface area contributed by atoms with Gasteiger partial charge in [-0.15, -0.1) is 0 Å². The molecule has 0 aromatic carbocycles. The van der Waals surface area contributed by atoms with E-state index in [4.69, 9.17) is 10.8 Å². The molecule has 0 aliphatic heterocycles. The quantitative estimate of drug-likeness (QED) is 0.421. The predicted octanol–water partition coefficient (Wildman–Crippen LogP) is -1.47. The average Bonchev–Trinajstić information content (AvgIpc) is 1.82. The predicted molar refractivity (Wildman–Crippen MR) is 34.3 cm³/mol. The van der Waals surface area contributed by atoms with Crippen molar-refractivity contribution in [2.75, 3.05) is 6.54 Å². The van der Waals surface area contributed by atoms with Crippen LogP contribution in [0.1, 0.15) is 6.92 Å². The second kappa shape index (κ2) is 3.97. The summed E-state index contributed by atoms with van der Waals surface area (Å²) in [5, 5.41) is 10.4. The Morgan fingerprint density at radius 1 is 1.70 bits per heavy atom. The largest absolute Gasteiger partial charge is 0.480 e. The van der Waals surface area contributed by atoms with Crippen molar-refractivity contribution >= 4 is 11.8 Å². The molecule has 1 unspecified atom stereocenters. The Bertz CT molecular complexity index is 146. The number of nitrogens with one attached hydrogen (secondary N) is 1. The second-order valence-electron chi connectivity index (χ2n) is 1.86. The number of carboxylic acids is 1. The van der Waals surface area contributed by atoms with Crippen molar-refractivity contribution in [1.82, 2.24) is 5.32 Å². The fourth-order valence-electron chi connectivity index (χ4n) is 0.341. The lowest BCUT2D eigenvalue weighted by molar-refractivity contribution is -0.136. The fourth-order valence-corrected chi connectivity index (χ4v) is 0.341. The molecule has 0 saturated heterocycles. The molecule has 0 radical (unpaired) electrons. The Morgan fingerprint density at radius 2 is 2.20 bits per heavy atom. The minimum absolute atomic E-state index is 0.277. The van der Waals surface area contributed by atoms with E-state index in [2.05, 4.69) is 5.32 Å². The molecule has 58 valence electrons. The van der Waals surface area contributed by atoms with E-state index in [9.17, 15) is 9.59 Å². The zero-order chi connectivity index (χ0) is 8.15. The summed E-state index contributed by atoms with van der Waals surface area (Å²) in [5.74, 6) is -1.31. The summed E-state index contributed by atoms with van der Waals surface area (Å²) < 4.78 is 0. The van der Waals surface area contributed by atoms with Gasteiger partial charge in [0, 0.05) is 0 Å². The minimum atomic E-state index is -1.03. The molecule has 0 fully saturated rings. The maximum atomic E-state index is 10.4. The lowest BCUT2D eigenvalue weighted by Crippen LogP contribution is -2.45. The molecule has 1 atom stereocenters. The van der Waals surface area contributed by atoms with Crippen LogP contribution in [-0.2, 0) is 9.59 Å². The number of nitrogens with two attached hydrogens (primary N) is 1. The number of Topliss-reactive ketones (excluding diaryl/α,β-unsaturated/α-hetero) is 1. The standard InChI is InChI=1S/C5H10N2O3/c1-3(8)5(6)7-2-4(9)10/h5,7H,2,6H2,1H3,(H,9,10). The number of ketones is 1. The highest BCUT2D eigenvalue weighted by atomic mass is 16.4. The first-order valence-electron chi connectivity index (χ1n) is 2.75. The molecule has 0 spiro atoms. The van der Waals surface area contributed by atoms with Crippen LogP contribution in [-0.4, -0.2) is 29.6 Å². The van der Waals surface area contributed by atoms with Gasteiger partial charge in [0.2, 0.25) is 0 Å². The van der Waals surface area contributed by atoms with Gasteiger partial charge < -0.3 is 10.8 Å². The molecule has 0 heterocycles. The topological polar surface area (TPSA) is 92.4 Å². The lowest BCUT2D eigenvalue weighted by atomic mass is 10.3. The highest BCUT2D eigenvalue weighted by Crippen LogP contribution is 1.73. The number of carbonyl (C=O) groups excluding carboxylic acids is 1. The van der Waals surface area contributed by atoms with Crippen molar-refractivity contribution in [1.29, 1.82) is 0 Å². The van der Waals surface area contributed by atoms with E-state index in [-0.39, 0.29) is 12.3 Å². The van der Waals surface area contributed by atoms with Gasteiger partial charge in [0.05, 0.1) is 6.54 Å². The molecule has 0 aromatic rings. The highest BCUT2D eigenvalue weighted by molar-refractivity contribution is 5.81. The number of carboxylic acid groups (broad SMARTS) is 1. The molecule has 0 saturated carbocycles. The molecule has 0 amide bonds. The first-order chi connectivity index (χ1) is 4.54. The number of carbonyl (C=O) groups is 2. The number of hydrogen-bond donors (Lipinski definition) is 3. The lowest BCUT2D eigenvalue weighted by Gasteiger charge is -2.06. The van der Waals surface area contributed by atoms with E-state index in [0.717, 1.165) is 0 Å². The Labute approximate surface area is 58.2 Å². The molecule has 0 bridgehead atoms. The van der Waals surface area contributed by atoms with Crippen LogP contribution in [0.3, 0.4) is 0 Å². The monoisotopic (exact) mass is 146 g/mol. The summed E-state index contributed by atoms with van der Waals surface area (Å²) in [6, 6.07) is 0. The Morgan fingerprint density at radius 3 is 2.50 bits per heavy atom. The summed E-state index contributed by atoms with van der Waals surface area (Å²) >= 11 is 0. The van der Waals surface area contributed by atoms with Crippen molar-refractivity contribution in [2.24, 2.45) is 5.73 Å². The van der Waals surface area contributed by atoms with Crippen LogP contribution in [0.4, 0.5) is 0 Å². The smallest absolute Gasteiger partial charge is 0.317 e.